The van der Waals surface area contributed by atoms with Crippen molar-refractivity contribution in [2.24, 2.45) is 5.73 Å². The Morgan fingerprint density at radius 3 is 2.41 bits per heavy atom. The van der Waals surface area contributed by atoms with Gasteiger partial charge in [-0.2, -0.15) is 0 Å². The number of hydrogen-bond acceptors (Lipinski definition) is 3. The second-order valence-corrected chi connectivity index (χ2v) is 6.21. The van der Waals surface area contributed by atoms with Gasteiger partial charge in [0.1, 0.15) is 5.73 Å². The van der Waals surface area contributed by atoms with Gasteiger partial charge in [0.25, 0.3) is 0 Å². The fourth-order valence-electron chi connectivity index (χ4n) is 2.06. The zero-order chi connectivity index (χ0) is 16.4. The minimum absolute atomic E-state index is 0.262. The van der Waals surface area contributed by atoms with Crippen LogP contribution in [0.2, 0.25) is 0 Å². The zero-order valence-electron chi connectivity index (χ0n) is 13.4. The second-order valence-electron chi connectivity index (χ2n) is 6.21. The third-order valence-electron chi connectivity index (χ3n) is 4.06. The zero-order valence-corrected chi connectivity index (χ0v) is 13.4. The van der Waals surface area contributed by atoms with Gasteiger partial charge in [0.05, 0.1) is 17.7 Å². The largest absolute Gasteiger partial charge is 0.525 e. The van der Waals surface area contributed by atoms with E-state index in [9.17, 15) is 4.39 Å². The Morgan fingerprint density at radius 1 is 1.23 bits per heavy atom. The van der Waals surface area contributed by atoms with Crippen LogP contribution >= 0.6 is 0 Å². The van der Waals surface area contributed by atoms with E-state index in [1.807, 2.05) is 45.9 Å². The van der Waals surface area contributed by atoms with Crippen LogP contribution in [0.1, 0.15) is 38.8 Å². The van der Waals surface area contributed by atoms with Gasteiger partial charge < -0.3 is 15.0 Å². The quantitative estimate of drug-likeness (QED) is 0.675. The molecule has 0 atom stereocenters. The van der Waals surface area contributed by atoms with Crippen LogP contribution in [0.4, 0.5) is 4.39 Å². The minimum Gasteiger partial charge on any atom is -0.398 e. The third kappa shape index (κ3) is 3.41. The molecule has 0 unspecified atom stereocenters. The molecule has 2 N–H and O–H groups in total. The van der Waals surface area contributed by atoms with Crippen LogP contribution in [0.25, 0.3) is 6.08 Å². The van der Waals surface area contributed by atoms with E-state index < -0.39 is 24.0 Å². The minimum atomic E-state index is -1.000. The number of hydrogen-bond donors (Lipinski definition) is 1. The molecule has 1 saturated heterocycles. The summed E-state index contributed by atoms with van der Waals surface area (Å²) in [5, 5.41) is 0. The Hall–Kier alpha value is -1.61. The Labute approximate surface area is 131 Å². The van der Waals surface area contributed by atoms with Gasteiger partial charge in [-0.1, -0.05) is 30.0 Å². The van der Waals surface area contributed by atoms with E-state index in [1.165, 1.54) is 6.08 Å². The van der Waals surface area contributed by atoms with E-state index in [2.05, 4.69) is 11.8 Å². The molecule has 1 heterocycles. The topological polar surface area (TPSA) is 44.5 Å². The molecule has 0 amide bonds. The van der Waals surface area contributed by atoms with Crippen molar-refractivity contribution in [1.29, 1.82) is 0 Å². The van der Waals surface area contributed by atoms with Crippen LogP contribution in [0.15, 0.2) is 30.0 Å². The standard InChI is InChI=1S/C17H21BFNO2/c1-16(2)17(3,4)22-18(21-16)15(19)12-14-9-6-5-8-13(14)10-7-11-20/h5-6,8-9,12H,11,20H2,1-4H3. The molecule has 5 heteroatoms. The number of rotatable bonds is 2. The lowest BCUT2D eigenvalue weighted by Gasteiger charge is -2.32. The second kappa shape index (κ2) is 6.25. The van der Waals surface area contributed by atoms with Crippen molar-refractivity contribution in [3.63, 3.8) is 0 Å². The van der Waals surface area contributed by atoms with Crippen LogP contribution in [0, 0.1) is 11.8 Å². The molecule has 1 aliphatic heterocycles. The summed E-state index contributed by atoms with van der Waals surface area (Å²) in [6, 6.07) is 7.30. The Bertz CT molecular complexity index is 628. The monoisotopic (exact) mass is 301 g/mol. The van der Waals surface area contributed by atoms with E-state index >= 15 is 0 Å². The van der Waals surface area contributed by atoms with Crippen molar-refractivity contribution in [3.05, 3.63) is 41.1 Å². The van der Waals surface area contributed by atoms with Crippen molar-refractivity contribution in [1.82, 2.24) is 0 Å². The van der Waals surface area contributed by atoms with Crippen LogP contribution in [-0.4, -0.2) is 24.9 Å². The van der Waals surface area contributed by atoms with E-state index in [-0.39, 0.29) is 6.54 Å². The van der Waals surface area contributed by atoms with E-state index in [0.717, 1.165) is 5.56 Å². The van der Waals surface area contributed by atoms with Crippen molar-refractivity contribution in [2.75, 3.05) is 6.54 Å². The Morgan fingerprint density at radius 2 is 1.82 bits per heavy atom. The van der Waals surface area contributed by atoms with Crippen molar-refractivity contribution in [3.8, 4) is 11.8 Å². The molecule has 0 bridgehead atoms. The van der Waals surface area contributed by atoms with Crippen molar-refractivity contribution < 1.29 is 13.7 Å². The molecular weight excluding hydrogens is 280 g/mol. The first-order valence-electron chi connectivity index (χ1n) is 7.27. The van der Waals surface area contributed by atoms with Gasteiger partial charge in [-0.3, -0.25) is 0 Å². The highest BCUT2D eigenvalue weighted by Crippen LogP contribution is 2.39. The maximum Gasteiger partial charge on any atom is 0.525 e. The summed E-state index contributed by atoms with van der Waals surface area (Å²) < 4.78 is 25.9. The molecule has 1 fully saturated rings. The SMILES string of the molecule is CC1(C)OB(C(F)=Cc2ccccc2C#CCN)OC1(C)C. The maximum atomic E-state index is 14.5. The summed E-state index contributed by atoms with van der Waals surface area (Å²) in [4.78, 5) is 0. The van der Waals surface area contributed by atoms with Gasteiger partial charge in [-0.15, -0.1) is 0 Å². The molecule has 0 aliphatic carbocycles. The molecule has 0 spiro atoms. The molecule has 22 heavy (non-hydrogen) atoms. The molecule has 0 saturated carbocycles. The normalized spacial score (nSPS) is 19.7. The predicted octanol–water partition coefficient (Wildman–Crippen LogP) is 2.94. The first-order valence-corrected chi connectivity index (χ1v) is 7.27. The van der Waals surface area contributed by atoms with Crippen LogP contribution in [0.3, 0.4) is 0 Å². The highest BCUT2D eigenvalue weighted by atomic mass is 19.1. The average molecular weight is 301 g/mol. The van der Waals surface area contributed by atoms with Gasteiger partial charge in [-0.25, -0.2) is 4.39 Å². The third-order valence-corrected chi connectivity index (χ3v) is 4.06. The van der Waals surface area contributed by atoms with E-state index in [0.29, 0.717) is 5.56 Å². The van der Waals surface area contributed by atoms with Gasteiger partial charge in [0.2, 0.25) is 0 Å². The smallest absolute Gasteiger partial charge is 0.398 e. The number of halogens is 1. The first kappa shape index (κ1) is 16.8. The summed E-state index contributed by atoms with van der Waals surface area (Å²) in [5.41, 5.74) is 5.18. The molecule has 0 aromatic heterocycles. The first-order chi connectivity index (χ1) is 10.3. The summed E-state index contributed by atoms with van der Waals surface area (Å²) in [6.45, 7) is 7.82. The van der Waals surface area contributed by atoms with Crippen LogP contribution < -0.4 is 5.73 Å². The van der Waals surface area contributed by atoms with Gasteiger partial charge in [0, 0.05) is 5.56 Å². The highest BCUT2D eigenvalue weighted by molar-refractivity contribution is 6.54. The predicted molar refractivity (Wildman–Crippen MR) is 87.5 cm³/mol. The van der Waals surface area contributed by atoms with Crippen LogP contribution in [0.5, 0.6) is 0 Å². The lowest BCUT2D eigenvalue weighted by Crippen LogP contribution is -2.41. The van der Waals surface area contributed by atoms with Gasteiger partial charge in [-0.05, 0) is 45.4 Å². The van der Waals surface area contributed by atoms with Gasteiger partial charge in [0.15, 0.2) is 0 Å². The molecule has 3 nitrogen and oxygen atoms in total. The Balaban J connectivity index is 2.28. The summed E-state index contributed by atoms with van der Waals surface area (Å²) in [5.74, 6) is 5.71. The molecule has 116 valence electrons. The Kier molecular flexibility index (Phi) is 4.76. The number of nitrogens with two attached hydrogens (primary N) is 1. The van der Waals surface area contributed by atoms with Crippen molar-refractivity contribution in [2.45, 2.75) is 38.9 Å². The highest BCUT2D eigenvalue weighted by Gasteiger charge is 2.53. The molecule has 0 radical (unpaired) electrons. The van der Waals surface area contributed by atoms with E-state index in [4.69, 9.17) is 15.0 Å². The lowest BCUT2D eigenvalue weighted by molar-refractivity contribution is 0.00578. The van der Waals surface area contributed by atoms with Crippen LogP contribution in [-0.2, 0) is 9.31 Å². The summed E-state index contributed by atoms with van der Waals surface area (Å²) in [7, 11) is -1.000. The lowest BCUT2D eigenvalue weighted by atomic mass is 9.86. The van der Waals surface area contributed by atoms with Gasteiger partial charge >= 0.3 is 7.12 Å². The van der Waals surface area contributed by atoms with E-state index in [1.54, 1.807) is 6.07 Å². The maximum absolute atomic E-state index is 14.5. The molecular formula is C17H21BFNO2. The summed E-state index contributed by atoms with van der Waals surface area (Å²) >= 11 is 0. The molecule has 1 aromatic rings. The molecule has 2 rings (SSSR count). The summed E-state index contributed by atoms with van der Waals surface area (Å²) in [6.07, 6.45) is 1.41. The fraction of sp³-hybridized carbons (Fsp3) is 0.412. The number of benzene rings is 1. The molecule has 1 aliphatic rings. The fourth-order valence-corrected chi connectivity index (χ4v) is 2.06. The van der Waals surface area contributed by atoms with Crippen molar-refractivity contribution >= 4 is 13.2 Å². The average Bonchev–Trinajstić information content (AvgIpc) is 2.66. The molecule has 1 aromatic carbocycles.